The van der Waals surface area contributed by atoms with Gasteiger partial charge in [0.2, 0.25) is 10.0 Å². The zero-order chi connectivity index (χ0) is 23.8. The highest BCUT2D eigenvalue weighted by Crippen LogP contribution is 2.66. The molecule has 0 amide bonds. The number of fused-ring (bicyclic) bond motifs is 1. The minimum absolute atomic E-state index is 0.0419. The number of rotatable bonds is 4. The van der Waals surface area contributed by atoms with Crippen LogP contribution < -0.4 is 10.5 Å². The van der Waals surface area contributed by atoms with Crippen molar-refractivity contribution in [3.05, 3.63) is 52.0 Å². The summed E-state index contributed by atoms with van der Waals surface area (Å²) in [6.07, 6.45) is 6.86. The van der Waals surface area contributed by atoms with Crippen molar-refractivity contribution in [2.45, 2.75) is 36.5 Å². The summed E-state index contributed by atoms with van der Waals surface area (Å²) in [6, 6.07) is 4.99. The van der Waals surface area contributed by atoms with Gasteiger partial charge in [-0.05, 0) is 43.0 Å². The van der Waals surface area contributed by atoms with Crippen molar-refractivity contribution in [2.75, 3.05) is 32.1 Å². The molecule has 3 aliphatic rings. The van der Waals surface area contributed by atoms with Crippen LogP contribution in [0.15, 0.2) is 40.2 Å². The van der Waals surface area contributed by atoms with Crippen molar-refractivity contribution in [2.24, 2.45) is 12.5 Å². The number of sulfonamides is 1. The number of aromatic nitrogens is 1. The molecule has 0 atom stereocenters. The normalized spacial score (nSPS) is 20.5. The number of aryl methyl sites for hydroxylation is 1. The number of allylic oxidation sites excluding steroid dienone is 1. The molecule has 1 saturated heterocycles. The quantitative estimate of drug-likeness (QED) is 0.679. The lowest BCUT2D eigenvalue weighted by Gasteiger charge is -2.35. The fourth-order valence-electron chi connectivity index (χ4n) is 5.19. The number of pyridine rings is 1. The van der Waals surface area contributed by atoms with E-state index >= 15 is 0 Å². The molecule has 1 aliphatic heterocycles. The number of halogens is 2. The zero-order valence-corrected chi connectivity index (χ0v) is 19.8. The van der Waals surface area contributed by atoms with E-state index in [1.54, 1.807) is 31.4 Å². The minimum atomic E-state index is -3.68. The average Bonchev–Trinajstić information content (AvgIpc) is 3.10. The Labute approximate surface area is 192 Å². The number of anilines is 1. The summed E-state index contributed by atoms with van der Waals surface area (Å²) in [4.78, 5) is 14.8. The number of benzene rings is 1. The molecule has 33 heavy (non-hydrogen) atoms. The molecule has 0 radical (unpaired) electrons. The van der Waals surface area contributed by atoms with Gasteiger partial charge in [-0.1, -0.05) is 12.2 Å². The number of hydrogen-bond acceptors (Lipinski definition) is 4. The van der Waals surface area contributed by atoms with Gasteiger partial charge < -0.3 is 9.47 Å². The largest absolute Gasteiger partial charge is 0.371 e. The summed E-state index contributed by atoms with van der Waals surface area (Å²) in [5.41, 5.74) is 2.77. The first kappa shape index (κ1) is 22.3. The molecule has 2 heterocycles. The smallest absolute Gasteiger partial charge is 0.254 e. The van der Waals surface area contributed by atoms with Crippen LogP contribution in [0.5, 0.6) is 0 Å². The number of piperidine rings is 1. The maximum absolute atomic E-state index is 13.9. The van der Waals surface area contributed by atoms with Crippen LogP contribution in [0.25, 0.3) is 17.2 Å². The molecule has 2 aliphatic carbocycles. The van der Waals surface area contributed by atoms with E-state index in [-0.39, 0.29) is 16.9 Å². The van der Waals surface area contributed by atoms with Gasteiger partial charge in [0.25, 0.3) is 11.5 Å². The van der Waals surface area contributed by atoms with Crippen LogP contribution in [0, 0.1) is 5.41 Å². The molecule has 2 fully saturated rings. The standard InChI is InChI=1S/C24H27F2N3O3S/c1-27(2)33(31,32)16-7-8-21(29-11-9-23(10-12-29)15-24(23,25)26)19(13-16)20-14-28(3)22(30)18-6-4-5-17(18)20/h4-5,7-8,13-14H,6,9-12,15H2,1-3H3. The Morgan fingerprint density at radius 3 is 2.36 bits per heavy atom. The third-order valence-corrected chi connectivity index (χ3v) is 9.24. The first-order chi connectivity index (χ1) is 15.5. The molecule has 1 aromatic heterocycles. The molecular weight excluding hydrogens is 448 g/mol. The van der Waals surface area contributed by atoms with Crippen LogP contribution in [0.4, 0.5) is 14.5 Å². The van der Waals surface area contributed by atoms with Crippen molar-refractivity contribution >= 4 is 21.8 Å². The zero-order valence-electron chi connectivity index (χ0n) is 18.9. The Bertz CT molecular complexity index is 1340. The third kappa shape index (κ3) is 3.35. The second-order valence-electron chi connectivity index (χ2n) is 9.57. The Kier molecular flexibility index (Phi) is 4.89. The number of nitrogens with zero attached hydrogens (tertiary/aromatic N) is 3. The van der Waals surface area contributed by atoms with E-state index < -0.39 is 21.4 Å². The predicted molar refractivity (Wildman–Crippen MR) is 124 cm³/mol. The highest BCUT2D eigenvalue weighted by molar-refractivity contribution is 7.89. The van der Waals surface area contributed by atoms with E-state index in [4.69, 9.17) is 0 Å². The lowest BCUT2D eigenvalue weighted by atomic mass is 9.91. The molecule has 0 N–H and O–H groups in total. The molecule has 0 unspecified atom stereocenters. The molecule has 1 aromatic carbocycles. The summed E-state index contributed by atoms with van der Waals surface area (Å²) in [7, 11) is 0.966. The molecule has 6 nitrogen and oxygen atoms in total. The van der Waals surface area contributed by atoms with Crippen molar-refractivity contribution in [3.63, 3.8) is 0 Å². The summed E-state index contributed by atoms with van der Waals surface area (Å²) in [5, 5.41) is 0. The summed E-state index contributed by atoms with van der Waals surface area (Å²) in [5.74, 6) is -2.57. The summed E-state index contributed by atoms with van der Waals surface area (Å²) < 4.78 is 56.3. The van der Waals surface area contributed by atoms with Crippen LogP contribution in [-0.2, 0) is 23.5 Å². The Balaban J connectivity index is 1.65. The van der Waals surface area contributed by atoms with Crippen LogP contribution in [0.2, 0.25) is 0 Å². The van der Waals surface area contributed by atoms with Gasteiger partial charge in [-0.25, -0.2) is 21.5 Å². The average molecular weight is 476 g/mol. The van der Waals surface area contributed by atoms with Gasteiger partial charge in [0.1, 0.15) is 0 Å². The molecule has 5 rings (SSSR count). The maximum Gasteiger partial charge on any atom is 0.254 e. The molecule has 1 saturated carbocycles. The first-order valence-electron chi connectivity index (χ1n) is 11.1. The van der Waals surface area contributed by atoms with E-state index in [0.717, 1.165) is 21.1 Å². The highest BCUT2D eigenvalue weighted by Gasteiger charge is 2.70. The fraction of sp³-hybridized carbons (Fsp3) is 0.458. The lowest BCUT2D eigenvalue weighted by Crippen LogP contribution is -2.37. The molecule has 2 aromatic rings. The first-order valence-corrected chi connectivity index (χ1v) is 12.5. The van der Waals surface area contributed by atoms with E-state index in [0.29, 0.717) is 43.5 Å². The van der Waals surface area contributed by atoms with Gasteiger partial charge in [-0.15, -0.1) is 0 Å². The van der Waals surface area contributed by atoms with Crippen LogP contribution in [0.3, 0.4) is 0 Å². The number of hydrogen-bond donors (Lipinski definition) is 0. The van der Waals surface area contributed by atoms with Crippen molar-refractivity contribution in [3.8, 4) is 11.1 Å². The van der Waals surface area contributed by atoms with E-state index in [9.17, 15) is 22.0 Å². The highest BCUT2D eigenvalue weighted by atomic mass is 32.2. The molecule has 9 heteroatoms. The molecular formula is C24H27F2N3O3S. The van der Waals surface area contributed by atoms with Gasteiger partial charge in [0.05, 0.1) is 4.90 Å². The molecule has 176 valence electrons. The summed E-state index contributed by atoms with van der Waals surface area (Å²) >= 11 is 0. The Hall–Kier alpha value is -2.52. The van der Waals surface area contributed by atoms with Crippen LogP contribution in [0.1, 0.15) is 30.4 Å². The Morgan fingerprint density at radius 2 is 1.76 bits per heavy atom. The Morgan fingerprint density at radius 1 is 1.09 bits per heavy atom. The summed E-state index contributed by atoms with van der Waals surface area (Å²) in [6.45, 7) is 0.957. The van der Waals surface area contributed by atoms with Gasteiger partial charge in [0, 0.05) is 74.6 Å². The topological polar surface area (TPSA) is 62.6 Å². The van der Waals surface area contributed by atoms with Crippen LogP contribution >= 0.6 is 0 Å². The van der Waals surface area contributed by atoms with E-state index in [1.165, 1.54) is 18.7 Å². The minimum Gasteiger partial charge on any atom is -0.371 e. The van der Waals surface area contributed by atoms with E-state index in [1.807, 2.05) is 12.2 Å². The van der Waals surface area contributed by atoms with Crippen molar-refractivity contribution in [1.29, 1.82) is 0 Å². The van der Waals surface area contributed by atoms with Crippen molar-refractivity contribution in [1.82, 2.24) is 8.87 Å². The van der Waals surface area contributed by atoms with Gasteiger partial charge in [0.15, 0.2) is 0 Å². The second kappa shape index (κ2) is 7.24. The number of alkyl halides is 2. The lowest BCUT2D eigenvalue weighted by molar-refractivity contribution is 0.0537. The monoisotopic (exact) mass is 475 g/mol. The van der Waals surface area contributed by atoms with Gasteiger partial charge in [-0.2, -0.15) is 0 Å². The molecule has 0 bridgehead atoms. The van der Waals surface area contributed by atoms with Gasteiger partial charge >= 0.3 is 0 Å². The van der Waals surface area contributed by atoms with Gasteiger partial charge in [-0.3, -0.25) is 4.79 Å². The second-order valence-corrected chi connectivity index (χ2v) is 11.7. The SMILES string of the molecule is CN(C)S(=O)(=O)c1ccc(N2CCC3(CC2)CC3(F)F)c(-c2cn(C)c(=O)c3c2C=CC3)c1. The van der Waals surface area contributed by atoms with Crippen LogP contribution in [-0.4, -0.2) is 50.4 Å². The fourth-order valence-corrected chi connectivity index (χ4v) is 6.11. The third-order valence-electron chi connectivity index (χ3n) is 7.43. The van der Waals surface area contributed by atoms with E-state index in [2.05, 4.69) is 4.90 Å². The maximum atomic E-state index is 13.9. The predicted octanol–water partition coefficient (Wildman–Crippen LogP) is 3.50. The molecule has 1 spiro atoms. The van der Waals surface area contributed by atoms with Crippen molar-refractivity contribution < 1.29 is 17.2 Å².